The summed E-state index contributed by atoms with van der Waals surface area (Å²) < 4.78 is 0. The van der Waals surface area contributed by atoms with Crippen molar-refractivity contribution in [1.82, 2.24) is 20.8 Å². The first-order valence-corrected chi connectivity index (χ1v) is 7.90. The van der Waals surface area contributed by atoms with Crippen molar-refractivity contribution in [2.24, 2.45) is 0 Å². The number of aryl methyl sites for hydroxylation is 2. The van der Waals surface area contributed by atoms with E-state index in [1.807, 2.05) is 43.5 Å². The Balaban J connectivity index is 1.56. The quantitative estimate of drug-likeness (QED) is 0.562. The summed E-state index contributed by atoms with van der Waals surface area (Å²) in [5.74, 6) is 0. The summed E-state index contributed by atoms with van der Waals surface area (Å²) in [6, 6.07) is 9.24. The van der Waals surface area contributed by atoms with Crippen LogP contribution in [0.5, 0.6) is 0 Å². The van der Waals surface area contributed by atoms with E-state index < -0.39 is 6.10 Å². The van der Waals surface area contributed by atoms with Crippen molar-refractivity contribution in [2.75, 3.05) is 13.1 Å². The van der Waals surface area contributed by atoms with Crippen LogP contribution in [0.1, 0.15) is 35.8 Å². The minimum Gasteiger partial charge on any atom is -0.388 e. The van der Waals surface area contributed by atoms with Gasteiger partial charge in [0.1, 0.15) is 0 Å². The molecule has 1 heterocycles. The molecule has 0 saturated heterocycles. The number of benzene rings is 1. The third kappa shape index (κ3) is 5.75. The molecule has 0 aliphatic rings. The highest BCUT2D eigenvalue weighted by Crippen LogP contribution is 2.14. The van der Waals surface area contributed by atoms with E-state index in [2.05, 4.69) is 20.8 Å². The number of carbonyl (C=O) groups is 1. The van der Waals surface area contributed by atoms with Gasteiger partial charge < -0.3 is 15.7 Å². The maximum atomic E-state index is 11.7. The average Bonchev–Trinajstić information content (AvgIpc) is 2.97. The summed E-state index contributed by atoms with van der Waals surface area (Å²) in [6.07, 6.45) is 3.50. The fourth-order valence-electron chi connectivity index (χ4n) is 2.34. The van der Waals surface area contributed by atoms with E-state index in [9.17, 15) is 9.90 Å². The number of hydrogen-bond acceptors (Lipinski definition) is 3. The fourth-order valence-corrected chi connectivity index (χ4v) is 2.34. The van der Waals surface area contributed by atoms with Crippen LogP contribution in [-0.4, -0.2) is 34.4 Å². The molecule has 6 heteroatoms. The average molecular weight is 316 g/mol. The Hall–Kier alpha value is -2.34. The molecule has 0 aliphatic heterocycles. The van der Waals surface area contributed by atoms with Crippen molar-refractivity contribution in [3.63, 3.8) is 0 Å². The third-order valence-corrected chi connectivity index (χ3v) is 3.73. The molecule has 1 unspecified atom stereocenters. The highest BCUT2D eigenvalue weighted by Gasteiger charge is 2.07. The SMILES string of the molecule is Cc1[nH]ncc1CCCNC(=O)NCCC(O)c1ccccc1. The first kappa shape index (κ1) is 17.0. The predicted octanol–water partition coefficient (Wildman–Crippen LogP) is 2.07. The van der Waals surface area contributed by atoms with E-state index in [1.165, 1.54) is 5.56 Å². The molecule has 0 aliphatic carbocycles. The lowest BCUT2D eigenvalue weighted by molar-refractivity contribution is 0.167. The van der Waals surface area contributed by atoms with Crippen LogP contribution in [0.2, 0.25) is 0 Å². The Kier molecular flexibility index (Phi) is 6.62. The molecule has 2 aromatic rings. The molecule has 6 nitrogen and oxygen atoms in total. The highest BCUT2D eigenvalue weighted by atomic mass is 16.3. The Morgan fingerprint density at radius 3 is 2.70 bits per heavy atom. The molecule has 1 atom stereocenters. The zero-order chi connectivity index (χ0) is 16.5. The standard InChI is InChI=1S/C17H24N4O2/c1-13-15(12-20-21-13)8-5-10-18-17(23)19-11-9-16(22)14-6-3-2-4-7-14/h2-4,6-7,12,16,22H,5,8-11H2,1H3,(H,20,21)(H2,18,19,23). The number of rotatable bonds is 8. The molecule has 1 aromatic carbocycles. The Labute approximate surface area is 136 Å². The summed E-state index contributed by atoms with van der Waals surface area (Å²) in [5.41, 5.74) is 3.12. The Bertz CT molecular complexity index is 598. The predicted molar refractivity (Wildman–Crippen MR) is 89.1 cm³/mol. The molecule has 2 amide bonds. The van der Waals surface area contributed by atoms with Gasteiger partial charge in [0, 0.05) is 18.8 Å². The molecule has 1 aromatic heterocycles. The van der Waals surface area contributed by atoms with Gasteiger partial charge in [0.05, 0.1) is 12.3 Å². The molecule has 0 bridgehead atoms. The van der Waals surface area contributed by atoms with Crippen LogP contribution in [0.3, 0.4) is 0 Å². The topological polar surface area (TPSA) is 90.0 Å². The molecular weight excluding hydrogens is 292 g/mol. The number of aliphatic hydroxyl groups excluding tert-OH is 1. The number of amides is 2. The summed E-state index contributed by atoms with van der Waals surface area (Å²) >= 11 is 0. The number of carbonyl (C=O) groups excluding carboxylic acids is 1. The van der Waals surface area contributed by atoms with Crippen molar-refractivity contribution in [2.45, 2.75) is 32.3 Å². The number of urea groups is 1. The molecule has 0 fully saturated rings. The minimum absolute atomic E-state index is 0.200. The van der Waals surface area contributed by atoms with E-state index in [1.54, 1.807) is 0 Å². The zero-order valence-electron chi connectivity index (χ0n) is 13.4. The number of aromatic nitrogens is 2. The molecule has 2 rings (SSSR count). The highest BCUT2D eigenvalue weighted by molar-refractivity contribution is 5.73. The van der Waals surface area contributed by atoms with Crippen LogP contribution >= 0.6 is 0 Å². The van der Waals surface area contributed by atoms with Crippen LogP contribution in [-0.2, 0) is 6.42 Å². The van der Waals surface area contributed by atoms with Gasteiger partial charge in [-0.2, -0.15) is 5.10 Å². The number of nitrogens with one attached hydrogen (secondary N) is 3. The van der Waals surface area contributed by atoms with Crippen LogP contribution < -0.4 is 10.6 Å². The van der Waals surface area contributed by atoms with Gasteiger partial charge in [0.15, 0.2) is 0 Å². The molecule has 23 heavy (non-hydrogen) atoms. The largest absolute Gasteiger partial charge is 0.388 e. The van der Waals surface area contributed by atoms with E-state index in [0.29, 0.717) is 19.5 Å². The van der Waals surface area contributed by atoms with E-state index >= 15 is 0 Å². The van der Waals surface area contributed by atoms with Crippen molar-refractivity contribution in [1.29, 1.82) is 0 Å². The minimum atomic E-state index is -0.555. The van der Waals surface area contributed by atoms with Gasteiger partial charge >= 0.3 is 6.03 Å². The summed E-state index contributed by atoms with van der Waals surface area (Å²) in [5, 5.41) is 22.4. The zero-order valence-corrected chi connectivity index (χ0v) is 13.4. The molecule has 0 saturated carbocycles. The van der Waals surface area contributed by atoms with Crippen LogP contribution in [0.25, 0.3) is 0 Å². The van der Waals surface area contributed by atoms with Gasteiger partial charge in [-0.1, -0.05) is 30.3 Å². The lowest BCUT2D eigenvalue weighted by atomic mass is 10.1. The normalized spacial score (nSPS) is 11.9. The van der Waals surface area contributed by atoms with Gasteiger partial charge in [-0.3, -0.25) is 5.10 Å². The molecule has 124 valence electrons. The molecular formula is C17H24N4O2. The van der Waals surface area contributed by atoms with Crippen molar-refractivity contribution in [3.05, 3.63) is 53.3 Å². The smallest absolute Gasteiger partial charge is 0.314 e. The number of H-pyrrole nitrogens is 1. The lowest BCUT2D eigenvalue weighted by Gasteiger charge is -2.12. The van der Waals surface area contributed by atoms with Crippen molar-refractivity contribution in [3.8, 4) is 0 Å². The second-order valence-electron chi connectivity index (χ2n) is 5.52. The van der Waals surface area contributed by atoms with Gasteiger partial charge in [-0.05, 0) is 37.3 Å². The van der Waals surface area contributed by atoms with Crippen LogP contribution in [0, 0.1) is 6.92 Å². The van der Waals surface area contributed by atoms with Gasteiger partial charge in [-0.25, -0.2) is 4.79 Å². The van der Waals surface area contributed by atoms with Gasteiger partial charge in [0.25, 0.3) is 0 Å². The fraction of sp³-hybridized carbons (Fsp3) is 0.412. The second kappa shape index (κ2) is 8.95. The maximum absolute atomic E-state index is 11.7. The maximum Gasteiger partial charge on any atom is 0.314 e. The Morgan fingerprint density at radius 1 is 1.26 bits per heavy atom. The van der Waals surface area contributed by atoms with Gasteiger partial charge in [-0.15, -0.1) is 0 Å². The third-order valence-electron chi connectivity index (χ3n) is 3.73. The molecule has 0 radical (unpaired) electrons. The summed E-state index contributed by atoms with van der Waals surface area (Å²) in [6.45, 7) is 3.03. The monoisotopic (exact) mass is 316 g/mol. The van der Waals surface area contributed by atoms with Crippen LogP contribution in [0.4, 0.5) is 4.79 Å². The molecule has 4 N–H and O–H groups in total. The molecule has 0 spiro atoms. The summed E-state index contributed by atoms with van der Waals surface area (Å²) in [7, 11) is 0. The lowest BCUT2D eigenvalue weighted by Crippen LogP contribution is -2.37. The number of nitrogens with zero attached hydrogens (tertiary/aromatic N) is 1. The van der Waals surface area contributed by atoms with Crippen LogP contribution in [0.15, 0.2) is 36.5 Å². The number of hydrogen-bond donors (Lipinski definition) is 4. The first-order chi connectivity index (χ1) is 11.2. The summed E-state index contributed by atoms with van der Waals surface area (Å²) in [4.78, 5) is 11.7. The van der Waals surface area contributed by atoms with Crippen molar-refractivity contribution >= 4 is 6.03 Å². The van der Waals surface area contributed by atoms with Gasteiger partial charge in [0.2, 0.25) is 0 Å². The van der Waals surface area contributed by atoms with E-state index in [-0.39, 0.29) is 6.03 Å². The van der Waals surface area contributed by atoms with E-state index in [0.717, 1.165) is 24.1 Å². The second-order valence-corrected chi connectivity index (χ2v) is 5.52. The number of aromatic amines is 1. The van der Waals surface area contributed by atoms with E-state index in [4.69, 9.17) is 0 Å². The first-order valence-electron chi connectivity index (χ1n) is 7.90. The number of aliphatic hydroxyl groups is 1. The van der Waals surface area contributed by atoms with Crippen molar-refractivity contribution < 1.29 is 9.90 Å². The Morgan fingerprint density at radius 2 is 2.00 bits per heavy atom.